The lowest BCUT2D eigenvalue weighted by Gasteiger charge is -2.24. The highest BCUT2D eigenvalue weighted by Gasteiger charge is 2.31. The first-order chi connectivity index (χ1) is 14.6. The minimum Gasteiger partial charge on any atom is -0.312 e. The quantitative estimate of drug-likeness (QED) is 0.526. The molecule has 1 unspecified atom stereocenters. The van der Waals surface area contributed by atoms with Crippen molar-refractivity contribution in [2.75, 3.05) is 11.9 Å². The number of hydrogen-bond acceptors (Lipinski definition) is 3. The molecule has 0 saturated carbocycles. The number of carbonyl (C=O) groups is 1. The molecule has 1 N–H and O–H groups in total. The Balaban J connectivity index is 0.00000272. The SMILES string of the molecule is C=C[C@@H](NC1N=C(c2ccccc2)c2ccccc2N(C)C1=O)c1ccc(Cl)cc1.Cl. The van der Waals surface area contributed by atoms with Crippen molar-refractivity contribution in [2.45, 2.75) is 12.2 Å². The average molecular weight is 452 g/mol. The number of aliphatic imine (C=N–C) groups is 1. The van der Waals surface area contributed by atoms with Gasteiger partial charge in [-0.15, -0.1) is 19.0 Å². The Labute approximate surface area is 193 Å². The number of halogens is 2. The van der Waals surface area contributed by atoms with Gasteiger partial charge in [0.25, 0.3) is 5.91 Å². The van der Waals surface area contributed by atoms with Gasteiger partial charge in [-0.2, -0.15) is 0 Å². The molecule has 31 heavy (non-hydrogen) atoms. The van der Waals surface area contributed by atoms with E-state index in [4.69, 9.17) is 16.6 Å². The normalized spacial score (nSPS) is 16.5. The first-order valence-corrected chi connectivity index (χ1v) is 10.1. The van der Waals surface area contributed by atoms with Gasteiger partial charge in [0.2, 0.25) is 0 Å². The smallest absolute Gasteiger partial charge is 0.266 e. The zero-order chi connectivity index (χ0) is 21.1. The van der Waals surface area contributed by atoms with Crippen molar-refractivity contribution in [1.82, 2.24) is 5.32 Å². The summed E-state index contributed by atoms with van der Waals surface area (Å²) in [5.41, 5.74) is 4.45. The molecule has 158 valence electrons. The van der Waals surface area contributed by atoms with Crippen LogP contribution in [0.4, 0.5) is 5.69 Å². The second kappa shape index (κ2) is 9.92. The van der Waals surface area contributed by atoms with Gasteiger partial charge in [-0.3, -0.25) is 15.1 Å². The molecule has 4 nitrogen and oxygen atoms in total. The Kier molecular flexibility index (Phi) is 7.29. The lowest BCUT2D eigenvalue weighted by molar-refractivity contribution is -0.120. The Morgan fingerprint density at radius 2 is 1.68 bits per heavy atom. The number of benzene rings is 3. The summed E-state index contributed by atoms with van der Waals surface area (Å²) in [5, 5.41) is 4.02. The maximum Gasteiger partial charge on any atom is 0.266 e. The van der Waals surface area contributed by atoms with Crippen molar-refractivity contribution in [3.63, 3.8) is 0 Å². The van der Waals surface area contributed by atoms with Crippen molar-refractivity contribution < 1.29 is 4.79 Å². The maximum absolute atomic E-state index is 13.3. The average Bonchev–Trinajstić information content (AvgIpc) is 2.89. The number of nitrogens with one attached hydrogen (secondary N) is 1. The first kappa shape index (κ1) is 22.8. The molecule has 1 aliphatic heterocycles. The monoisotopic (exact) mass is 451 g/mol. The third kappa shape index (κ3) is 4.72. The summed E-state index contributed by atoms with van der Waals surface area (Å²) in [7, 11) is 1.78. The minimum atomic E-state index is -0.767. The zero-order valence-electron chi connectivity index (χ0n) is 17.0. The largest absolute Gasteiger partial charge is 0.312 e. The summed E-state index contributed by atoms with van der Waals surface area (Å²) in [4.78, 5) is 19.9. The van der Waals surface area contributed by atoms with Crippen molar-refractivity contribution >= 4 is 41.3 Å². The summed E-state index contributed by atoms with van der Waals surface area (Å²) in [6, 6.07) is 25.0. The molecule has 0 bridgehead atoms. The Hall–Kier alpha value is -2.92. The number of amides is 1. The second-order valence-electron chi connectivity index (χ2n) is 7.09. The Morgan fingerprint density at radius 3 is 2.35 bits per heavy atom. The molecule has 6 heteroatoms. The van der Waals surface area contributed by atoms with Gasteiger partial charge in [0.05, 0.1) is 17.4 Å². The van der Waals surface area contributed by atoms with Crippen LogP contribution >= 0.6 is 24.0 Å². The van der Waals surface area contributed by atoms with E-state index in [0.717, 1.165) is 28.1 Å². The first-order valence-electron chi connectivity index (χ1n) is 9.73. The number of anilines is 1. The molecule has 3 aromatic carbocycles. The van der Waals surface area contributed by atoms with E-state index in [1.807, 2.05) is 78.9 Å². The second-order valence-corrected chi connectivity index (χ2v) is 7.53. The van der Waals surface area contributed by atoms with E-state index in [1.165, 1.54) is 0 Å². The minimum absolute atomic E-state index is 0. The van der Waals surface area contributed by atoms with Gasteiger partial charge in [0.15, 0.2) is 6.17 Å². The highest BCUT2D eigenvalue weighted by molar-refractivity contribution is 6.30. The fraction of sp³-hybridized carbons (Fsp3) is 0.120. The predicted octanol–water partition coefficient (Wildman–Crippen LogP) is 5.42. The number of fused-ring (bicyclic) bond motifs is 1. The molecular formula is C25H23Cl2N3O. The topological polar surface area (TPSA) is 44.7 Å². The van der Waals surface area contributed by atoms with Crippen LogP contribution in [0.2, 0.25) is 5.02 Å². The van der Waals surface area contributed by atoms with Crippen LogP contribution in [0.15, 0.2) is 96.5 Å². The fourth-order valence-electron chi connectivity index (χ4n) is 3.60. The number of rotatable bonds is 5. The van der Waals surface area contributed by atoms with Crippen molar-refractivity contribution in [3.05, 3.63) is 113 Å². The summed E-state index contributed by atoms with van der Waals surface area (Å²) in [5.74, 6) is -0.130. The molecule has 0 saturated heterocycles. The van der Waals surface area contributed by atoms with Gasteiger partial charge in [-0.25, -0.2) is 0 Å². The van der Waals surface area contributed by atoms with E-state index in [9.17, 15) is 4.79 Å². The van der Waals surface area contributed by atoms with Crippen LogP contribution in [-0.2, 0) is 4.79 Å². The number of carbonyl (C=O) groups excluding carboxylic acids is 1. The van der Waals surface area contributed by atoms with E-state index in [0.29, 0.717) is 5.02 Å². The molecule has 0 radical (unpaired) electrons. The third-order valence-corrected chi connectivity index (χ3v) is 5.44. The molecular weight excluding hydrogens is 429 g/mol. The van der Waals surface area contributed by atoms with Crippen LogP contribution in [0.3, 0.4) is 0 Å². The summed E-state index contributed by atoms with van der Waals surface area (Å²) < 4.78 is 0. The van der Waals surface area contributed by atoms with Gasteiger partial charge in [-0.05, 0) is 23.8 Å². The van der Waals surface area contributed by atoms with Crippen LogP contribution in [0.5, 0.6) is 0 Å². The molecule has 0 aromatic heterocycles. The van der Waals surface area contributed by atoms with E-state index in [1.54, 1.807) is 18.0 Å². The van der Waals surface area contributed by atoms with E-state index in [2.05, 4.69) is 11.9 Å². The molecule has 0 aliphatic carbocycles. The van der Waals surface area contributed by atoms with Gasteiger partial charge >= 0.3 is 0 Å². The van der Waals surface area contributed by atoms with Gasteiger partial charge < -0.3 is 4.90 Å². The zero-order valence-corrected chi connectivity index (χ0v) is 18.6. The predicted molar refractivity (Wildman–Crippen MR) is 130 cm³/mol. The van der Waals surface area contributed by atoms with Crippen LogP contribution < -0.4 is 10.2 Å². The van der Waals surface area contributed by atoms with Gasteiger partial charge in [0.1, 0.15) is 0 Å². The molecule has 1 heterocycles. The lowest BCUT2D eigenvalue weighted by Crippen LogP contribution is -2.44. The van der Waals surface area contributed by atoms with Crippen molar-refractivity contribution in [2.24, 2.45) is 4.99 Å². The van der Waals surface area contributed by atoms with E-state index >= 15 is 0 Å². The summed E-state index contributed by atoms with van der Waals surface area (Å²) in [6.07, 6.45) is 1.00. The Bertz CT molecular complexity index is 1100. The summed E-state index contributed by atoms with van der Waals surface area (Å²) >= 11 is 6.02. The van der Waals surface area contributed by atoms with Crippen molar-refractivity contribution in [1.29, 1.82) is 0 Å². The standard InChI is InChI=1S/C25H22ClN3O.ClH/c1-3-21(17-13-15-19(26)16-14-17)27-24-25(30)29(2)22-12-8-7-11-20(22)23(28-24)18-9-5-4-6-10-18;/h3-16,21,24,27H,1H2,2H3;1H/t21-,24?;/m1./s1. The molecule has 2 atom stereocenters. The number of likely N-dealkylation sites (N-methyl/N-ethyl adjacent to an activating group) is 1. The maximum atomic E-state index is 13.3. The number of nitrogens with zero attached hydrogens (tertiary/aromatic N) is 2. The molecule has 0 fully saturated rings. The third-order valence-electron chi connectivity index (χ3n) is 5.19. The van der Waals surface area contributed by atoms with Gasteiger partial charge in [0, 0.05) is 23.2 Å². The number of hydrogen-bond donors (Lipinski definition) is 1. The molecule has 1 amide bonds. The highest BCUT2D eigenvalue weighted by Crippen LogP contribution is 2.28. The van der Waals surface area contributed by atoms with Crippen LogP contribution in [0.1, 0.15) is 22.7 Å². The number of para-hydroxylation sites is 1. The Morgan fingerprint density at radius 1 is 1.03 bits per heavy atom. The lowest BCUT2D eigenvalue weighted by atomic mass is 10.0. The van der Waals surface area contributed by atoms with Crippen LogP contribution in [0, 0.1) is 0 Å². The molecule has 4 rings (SSSR count). The van der Waals surface area contributed by atoms with E-state index in [-0.39, 0.29) is 24.4 Å². The number of benzodiazepines with no additional fused rings is 1. The fourth-order valence-corrected chi connectivity index (χ4v) is 3.72. The van der Waals surface area contributed by atoms with E-state index < -0.39 is 6.17 Å². The van der Waals surface area contributed by atoms with Gasteiger partial charge in [-0.1, -0.05) is 78.3 Å². The molecule has 1 aliphatic rings. The molecule has 3 aromatic rings. The summed E-state index contributed by atoms with van der Waals surface area (Å²) in [6.45, 7) is 3.94. The van der Waals surface area contributed by atoms with Crippen molar-refractivity contribution in [3.8, 4) is 0 Å². The van der Waals surface area contributed by atoms with Crippen LogP contribution in [0.25, 0.3) is 0 Å². The highest BCUT2D eigenvalue weighted by atomic mass is 35.5. The molecule has 0 spiro atoms. The van der Waals surface area contributed by atoms with Crippen LogP contribution in [-0.4, -0.2) is 24.8 Å².